The van der Waals surface area contributed by atoms with Crippen LogP contribution in [0.1, 0.15) is 37.3 Å². The first-order valence-corrected chi connectivity index (χ1v) is 8.94. The van der Waals surface area contributed by atoms with Crippen LogP contribution in [0, 0.1) is 0 Å². The van der Waals surface area contributed by atoms with Gasteiger partial charge in [-0.05, 0) is 42.3 Å². The molecule has 0 aliphatic rings. The van der Waals surface area contributed by atoms with Crippen molar-refractivity contribution in [3.05, 3.63) is 67.6 Å². The molecule has 128 valence electrons. The summed E-state index contributed by atoms with van der Waals surface area (Å²) in [5, 5.41) is 1.81. The maximum atomic E-state index is 11.7. The second-order valence-corrected chi connectivity index (χ2v) is 7.00. The lowest BCUT2D eigenvalue weighted by atomic mass is 9.87. The normalized spacial score (nSPS) is 12.3. The second kappa shape index (κ2) is 8.44. The summed E-state index contributed by atoms with van der Waals surface area (Å²) in [5.74, 6) is -0.516. The minimum absolute atomic E-state index is 0.245. The SMILES string of the molecule is CCC(=O)OC(C)C(c1ccc(Cl)c(Cl)c1)c1ccc(Cl)c(Cl)c1. The van der Waals surface area contributed by atoms with Crippen molar-refractivity contribution >= 4 is 52.4 Å². The van der Waals surface area contributed by atoms with Gasteiger partial charge in [-0.1, -0.05) is 65.5 Å². The second-order valence-electron chi connectivity index (χ2n) is 5.37. The predicted molar refractivity (Wildman–Crippen MR) is 101 cm³/mol. The summed E-state index contributed by atoms with van der Waals surface area (Å²) < 4.78 is 5.52. The fourth-order valence-corrected chi connectivity index (χ4v) is 3.12. The fourth-order valence-electron chi connectivity index (χ4n) is 2.50. The lowest BCUT2D eigenvalue weighted by Gasteiger charge is -2.25. The maximum Gasteiger partial charge on any atom is 0.305 e. The van der Waals surface area contributed by atoms with E-state index < -0.39 is 6.10 Å². The molecule has 0 bridgehead atoms. The number of ether oxygens (including phenoxy) is 1. The van der Waals surface area contributed by atoms with Crippen molar-refractivity contribution in [3.8, 4) is 0 Å². The van der Waals surface area contributed by atoms with Crippen LogP contribution in [0.5, 0.6) is 0 Å². The van der Waals surface area contributed by atoms with Crippen LogP contribution in [0.2, 0.25) is 20.1 Å². The molecule has 0 aliphatic heterocycles. The van der Waals surface area contributed by atoms with E-state index >= 15 is 0 Å². The number of carbonyl (C=O) groups is 1. The van der Waals surface area contributed by atoms with Crippen LogP contribution < -0.4 is 0 Å². The summed E-state index contributed by atoms with van der Waals surface area (Å²) >= 11 is 24.3. The van der Waals surface area contributed by atoms with E-state index in [1.807, 2.05) is 19.1 Å². The zero-order chi connectivity index (χ0) is 17.9. The molecule has 2 nitrogen and oxygen atoms in total. The number of halogens is 4. The highest BCUT2D eigenvalue weighted by atomic mass is 35.5. The number of carbonyl (C=O) groups excluding carboxylic acids is 1. The average Bonchev–Trinajstić information content (AvgIpc) is 2.54. The standard InChI is InChI=1S/C18H16Cl4O2/c1-3-17(23)24-10(2)18(11-4-6-13(19)15(21)8-11)12-5-7-14(20)16(22)9-12/h4-10,18H,3H2,1-2H3. The molecule has 0 saturated heterocycles. The minimum atomic E-state index is -0.410. The van der Waals surface area contributed by atoms with E-state index in [0.29, 0.717) is 26.5 Å². The van der Waals surface area contributed by atoms with Gasteiger partial charge in [0.15, 0.2) is 0 Å². The van der Waals surface area contributed by atoms with Gasteiger partial charge in [0.2, 0.25) is 0 Å². The third kappa shape index (κ3) is 4.58. The van der Waals surface area contributed by atoms with Crippen LogP contribution in [-0.4, -0.2) is 12.1 Å². The van der Waals surface area contributed by atoms with E-state index in [2.05, 4.69) is 0 Å². The van der Waals surface area contributed by atoms with Gasteiger partial charge in [0.05, 0.1) is 20.1 Å². The smallest absolute Gasteiger partial charge is 0.305 e. The van der Waals surface area contributed by atoms with Gasteiger partial charge >= 0.3 is 5.97 Å². The Hall–Kier alpha value is -0.930. The number of hydrogen-bond acceptors (Lipinski definition) is 2. The largest absolute Gasteiger partial charge is 0.462 e. The van der Waals surface area contributed by atoms with Crippen LogP contribution in [0.15, 0.2) is 36.4 Å². The van der Waals surface area contributed by atoms with Crippen molar-refractivity contribution in [2.75, 3.05) is 0 Å². The molecule has 6 heteroatoms. The monoisotopic (exact) mass is 404 g/mol. The molecule has 0 radical (unpaired) electrons. The zero-order valence-electron chi connectivity index (χ0n) is 13.2. The quantitative estimate of drug-likeness (QED) is 0.512. The molecule has 0 saturated carbocycles. The highest BCUT2D eigenvalue weighted by Crippen LogP contribution is 2.36. The Morgan fingerprint density at radius 1 is 0.917 bits per heavy atom. The van der Waals surface area contributed by atoms with E-state index in [0.717, 1.165) is 11.1 Å². The van der Waals surface area contributed by atoms with Gasteiger partial charge in [0.25, 0.3) is 0 Å². The summed E-state index contributed by atoms with van der Waals surface area (Å²) in [4.78, 5) is 11.7. The van der Waals surface area contributed by atoms with E-state index in [9.17, 15) is 4.79 Å². The first kappa shape index (κ1) is 19.4. The van der Waals surface area contributed by atoms with Crippen LogP contribution in [0.3, 0.4) is 0 Å². The van der Waals surface area contributed by atoms with Crippen molar-refractivity contribution in [1.29, 1.82) is 0 Å². The van der Waals surface area contributed by atoms with Crippen LogP contribution in [-0.2, 0) is 9.53 Å². The molecule has 2 rings (SSSR count). The van der Waals surface area contributed by atoms with Gasteiger partial charge in [-0.25, -0.2) is 0 Å². The van der Waals surface area contributed by atoms with Crippen molar-refractivity contribution < 1.29 is 9.53 Å². The van der Waals surface area contributed by atoms with Gasteiger partial charge in [0, 0.05) is 12.3 Å². The first-order valence-electron chi connectivity index (χ1n) is 7.42. The lowest BCUT2D eigenvalue weighted by molar-refractivity contribution is -0.148. The molecule has 0 spiro atoms. The number of benzene rings is 2. The molecule has 0 aromatic heterocycles. The third-order valence-electron chi connectivity index (χ3n) is 3.68. The molecule has 0 fully saturated rings. The Balaban J connectivity index is 2.49. The van der Waals surface area contributed by atoms with Gasteiger partial charge < -0.3 is 4.74 Å². The zero-order valence-corrected chi connectivity index (χ0v) is 16.2. The van der Waals surface area contributed by atoms with E-state index in [-0.39, 0.29) is 11.9 Å². The Morgan fingerprint density at radius 3 is 1.75 bits per heavy atom. The van der Waals surface area contributed by atoms with Crippen molar-refractivity contribution in [2.45, 2.75) is 32.3 Å². The highest BCUT2D eigenvalue weighted by molar-refractivity contribution is 6.42. The summed E-state index contributed by atoms with van der Waals surface area (Å²) in [7, 11) is 0. The van der Waals surface area contributed by atoms with Crippen molar-refractivity contribution in [3.63, 3.8) is 0 Å². The Morgan fingerprint density at radius 2 is 1.38 bits per heavy atom. The minimum Gasteiger partial charge on any atom is -0.462 e. The molecule has 0 aliphatic carbocycles. The van der Waals surface area contributed by atoms with Gasteiger partial charge in [0.1, 0.15) is 6.10 Å². The number of hydrogen-bond donors (Lipinski definition) is 0. The van der Waals surface area contributed by atoms with Gasteiger partial charge in [-0.3, -0.25) is 4.79 Å². The van der Waals surface area contributed by atoms with Crippen LogP contribution in [0.4, 0.5) is 0 Å². The predicted octanol–water partition coefficient (Wildman–Crippen LogP) is 6.77. The fraction of sp³-hybridized carbons (Fsp3) is 0.278. The molecule has 2 aromatic carbocycles. The van der Waals surface area contributed by atoms with Crippen LogP contribution >= 0.6 is 46.4 Å². The lowest BCUT2D eigenvalue weighted by Crippen LogP contribution is -2.23. The van der Waals surface area contributed by atoms with E-state index in [1.165, 1.54) is 0 Å². The topological polar surface area (TPSA) is 26.3 Å². The summed E-state index contributed by atoms with van der Waals surface area (Å²) in [5.41, 5.74) is 1.75. The molecule has 2 aromatic rings. The van der Waals surface area contributed by atoms with E-state index in [4.69, 9.17) is 51.1 Å². The summed E-state index contributed by atoms with van der Waals surface area (Å²) in [6, 6.07) is 10.7. The highest BCUT2D eigenvalue weighted by Gasteiger charge is 2.25. The number of rotatable bonds is 5. The van der Waals surface area contributed by atoms with Crippen molar-refractivity contribution in [1.82, 2.24) is 0 Å². The molecule has 1 atom stereocenters. The van der Waals surface area contributed by atoms with E-state index in [1.54, 1.807) is 31.2 Å². The molecule has 0 heterocycles. The first-order chi connectivity index (χ1) is 11.3. The van der Waals surface area contributed by atoms with Gasteiger partial charge in [-0.2, -0.15) is 0 Å². The number of esters is 1. The molecule has 0 N–H and O–H groups in total. The maximum absolute atomic E-state index is 11.7. The molecule has 24 heavy (non-hydrogen) atoms. The summed E-state index contributed by atoms with van der Waals surface area (Å²) in [6.45, 7) is 3.59. The molecular formula is C18H16Cl4O2. The average molecular weight is 406 g/mol. The molecular weight excluding hydrogens is 390 g/mol. The van der Waals surface area contributed by atoms with Gasteiger partial charge in [-0.15, -0.1) is 0 Å². The Kier molecular flexibility index (Phi) is 6.82. The Labute approximate surface area is 161 Å². The molecule has 1 unspecified atom stereocenters. The Bertz CT molecular complexity index is 694. The summed E-state index contributed by atoms with van der Waals surface area (Å²) in [6.07, 6.45) is -0.105. The van der Waals surface area contributed by atoms with Crippen molar-refractivity contribution in [2.24, 2.45) is 0 Å². The molecule has 0 amide bonds. The third-order valence-corrected chi connectivity index (χ3v) is 5.16. The van der Waals surface area contributed by atoms with Crippen LogP contribution in [0.25, 0.3) is 0 Å².